The van der Waals surface area contributed by atoms with E-state index in [0.29, 0.717) is 13.1 Å². The summed E-state index contributed by atoms with van der Waals surface area (Å²) in [6.07, 6.45) is 7.68. The molecule has 10 nitrogen and oxygen atoms in total. The molecule has 54 heavy (non-hydrogen) atoms. The van der Waals surface area contributed by atoms with Crippen LogP contribution < -0.4 is 15.5 Å². The molecule has 2 aromatic heterocycles. The number of aromatic nitrogens is 4. The molecule has 0 aliphatic carbocycles. The monoisotopic (exact) mass is 724 g/mol. The topological polar surface area (TPSA) is 106 Å². The zero-order valence-corrected chi connectivity index (χ0v) is 30.5. The molecule has 280 valence electrons. The summed E-state index contributed by atoms with van der Waals surface area (Å²) in [6, 6.07) is 32.4. The highest BCUT2D eigenvalue weighted by molar-refractivity contribution is 6.08. The number of likely N-dealkylation sites (N-methyl/N-ethyl adjacent to an activating group) is 1. The van der Waals surface area contributed by atoms with Crippen LogP contribution in [0.3, 0.4) is 0 Å². The first-order chi connectivity index (χ1) is 24.9. The highest BCUT2D eigenvalue weighted by atomic mass is 16.2. The van der Waals surface area contributed by atoms with E-state index in [9.17, 15) is 9.59 Å². The van der Waals surface area contributed by atoms with E-state index in [0.717, 1.165) is 55.9 Å². The molecular formula is C44H52N8O2. The van der Waals surface area contributed by atoms with Crippen LogP contribution >= 0.6 is 0 Å². The van der Waals surface area contributed by atoms with Crippen LogP contribution in [0.5, 0.6) is 0 Å². The van der Waals surface area contributed by atoms with Crippen molar-refractivity contribution in [1.82, 2.24) is 24.5 Å². The fourth-order valence-electron chi connectivity index (χ4n) is 7.12. The SMILES string of the molecule is C.C.CN(C)C1(C)C(=O)N(Cc2ccc(-c3cnn(C)c3)cc2)c2ccccc21.Cn1cc(-c2ccc(CN3C(=O)C(C)(N)c4ccccc43)cc2)cn1. The van der Waals surface area contributed by atoms with Crippen LogP contribution in [0.25, 0.3) is 22.3 Å². The lowest BCUT2D eigenvalue weighted by Crippen LogP contribution is -2.47. The number of nitrogens with zero attached hydrogens (tertiary/aromatic N) is 7. The second-order valence-corrected chi connectivity index (χ2v) is 14.2. The van der Waals surface area contributed by atoms with E-state index in [1.807, 2.05) is 124 Å². The highest BCUT2D eigenvalue weighted by Gasteiger charge is 2.49. The van der Waals surface area contributed by atoms with Crippen LogP contribution in [-0.4, -0.2) is 50.4 Å². The molecule has 4 heterocycles. The number of carbonyl (C=O) groups is 2. The predicted octanol–water partition coefficient (Wildman–Crippen LogP) is 7.49. The highest BCUT2D eigenvalue weighted by Crippen LogP contribution is 2.43. The quantitative estimate of drug-likeness (QED) is 0.183. The number of anilines is 2. The second-order valence-electron chi connectivity index (χ2n) is 14.2. The maximum atomic E-state index is 13.3. The van der Waals surface area contributed by atoms with Gasteiger partial charge in [0.05, 0.1) is 25.5 Å². The predicted molar refractivity (Wildman–Crippen MR) is 219 cm³/mol. The molecule has 0 spiro atoms. The van der Waals surface area contributed by atoms with E-state index >= 15 is 0 Å². The smallest absolute Gasteiger partial charge is 0.252 e. The minimum atomic E-state index is -0.966. The van der Waals surface area contributed by atoms with Gasteiger partial charge in [0.15, 0.2) is 0 Å². The van der Waals surface area contributed by atoms with Gasteiger partial charge >= 0.3 is 0 Å². The summed E-state index contributed by atoms with van der Waals surface area (Å²) in [5.74, 6) is 0.0510. The van der Waals surface area contributed by atoms with E-state index in [4.69, 9.17) is 5.73 Å². The van der Waals surface area contributed by atoms with Crippen LogP contribution in [0.15, 0.2) is 122 Å². The summed E-state index contributed by atoms with van der Waals surface area (Å²) in [5, 5.41) is 8.42. The van der Waals surface area contributed by atoms with Crippen LogP contribution in [0.1, 0.15) is 51.0 Å². The molecular weight excluding hydrogens is 673 g/mol. The van der Waals surface area contributed by atoms with Gasteiger partial charge in [0.2, 0.25) is 0 Å². The Labute approximate surface area is 319 Å². The van der Waals surface area contributed by atoms with Gasteiger partial charge in [0.25, 0.3) is 11.8 Å². The molecule has 0 bridgehead atoms. The number of benzene rings is 4. The van der Waals surface area contributed by atoms with Gasteiger partial charge in [-0.05, 0) is 62.3 Å². The van der Waals surface area contributed by atoms with Crippen molar-refractivity contribution in [3.63, 3.8) is 0 Å². The standard InChI is InChI=1S/C22H24N4O.C20H20N4O.2CH4/c1-22(24(2)3)19-7-5-6-8-20(19)26(21(22)27)14-16-9-11-17(12-10-16)18-13-23-25(4)15-18;1-20(21)17-5-3-4-6-18(17)24(19(20)25)12-14-7-9-15(10-8-14)16-11-22-23(2)13-16;;/h5-13,15H,14H2,1-4H3;3-11,13H,12,21H2,1-2H3;2*1H4. The molecule has 6 aromatic rings. The van der Waals surface area contributed by atoms with Crippen molar-refractivity contribution < 1.29 is 9.59 Å². The molecule has 0 saturated heterocycles. The molecule has 2 atom stereocenters. The van der Waals surface area contributed by atoms with Crippen molar-refractivity contribution in [2.24, 2.45) is 19.8 Å². The van der Waals surface area contributed by atoms with Gasteiger partial charge < -0.3 is 15.5 Å². The lowest BCUT2D eigenvalue weighted by Gasteiger charge is -2.31. The maximum absolute atomic E-state index is 13.3. The van der Waals surface area contributed by atoms with Crippen LogP contribution in [-0.2, 0) is 47.9 Å². The first kappa shape index (κ1) is 39.4. The number of fused-ring (bicyclic) bond motifs is 2. The molecule has 2 unspecified atom stereocenters. The number of para-hydroxylation sites is 2. The number of aryl methyl sites for hydroxylation is 2. The molecule has 2 N–H and O–H groups in total. The van der Waals surface area contributed by atoms with E-state index in [2.05, 4.69) is 52.7 Å². The Morgan fingerprint density at radius 3 is 1.43 bits per heavy atom. The van der Waals surface area contributed by atoms with E-state index in [1.54, 1.807) is 21.2 Å². The van der Waals surface area contributed by atoms with Gasteiger partial charge in [-0.1, -0.05) is 99.8 Å². The summed E-state index contributed by atoms with van der Waals surface area (Å²) >= 11 is 0. The third-order valence-corrected chi connectivity index (χ3v) is 10.4. The minimum Gasteiger partial charge on any atom is -0.314 e. The number of rotatable bonds is 7. The molecule has 4 aromatic carbocycles. The summed E-state index contributed by atoms with van der Waals surface area (Å²) < 4.78 is 3.58. The average molecular weight is 725 g/mol. The van der Waals surface area contributed by atoms with E-state index < -0.39 is 11.1 Å². The molecule has 10 heteroatoms. The van der Waals surface area contributed by atoms with Crippen molar-refractivity contribution in [1.29, 1.82) is 0 Å². The van der Waals surface area contributed by atoms with Crippen LogP contribution in [0.4, 0.5) is 11.4 Å². The lowest BCUT2D eigenvalue weighted by atomic mass is 9.92. The molecule has 2 aliphatic rings. The number of nitrogens with two attached hydrogens (primary N) is 1. The van der Waals surface area contributed by atoms with Crippen molar-refractivity contribution in [3.8, 4) is 22.3 Å². The molecule has 2 aliphatic heterocycles. The van der Waals surface area contributed by atoms with Gasteiger partial charge in [-0.25, -0.2) is 0 Å². The zero-order chi connectivity index (χ0) is 36.8. The molecule has 8 rings (SSSR count). The summed E-state index contributed by atoms with van der Waals surface area (Å²) in [6.45, 7) is 4.85. The first-order valence-electron chi connectivity index (χ1n) is 17.3. The summed E-state index contributed by atoms with van der Waals surface area (Å²) in [5.41, 5.74) is 15.1. The Balaban J connectivity index is 0.000000201. The third-order valence-electron chi connectivity index (χ3n) is 10.4. The van der Waals surface area contributed by atoms with Gasteiger partial charge in [-0.15, -0.1) is 0 Å². The second kappa shape index (κ2) is 15.3. The van der Waals surface area contributed by atoms with Crippen molar-refractivity contribution in [2.75, 3.05) is 23.9 Å². The van der Waals surface area contributed by atoms with Gasteiger partial charge in [-0.2, -0.15) is 10.2 Å². The van der Waals surface area contributed by atoms with Crippen molar-refractivity contribution in [3.05, 3.63) is 144 Å². The van der Waals surface area contributed by atoms with Gasteiger partial charge in [-0.3, -0.25) is 23.9 Å². The number of carbonyl (C=O) groups excluding carboxylic acids is 2. The maximum Gasteiger partial charge on any atom is 0.252 e. The van der Waals surface area contributed by atoms with Gasteiger partial charge in [0, 0.05) is 60.1 Å². The minimum absolute atomic E-state index is 0. The molecule has 0 saturated carbocycles. The molecule has 2 amide bonds. The summed E-state index contributed by atoms with van der Waals surface area (Å²) in [7, 11) is 7.73. The Morgan fingerprint density at radius 1 is 0.593 bits per heavy atom. The van der Waals surface area contributed by atoms with E-state index in [1.165, 1.54) is 0 Å². The first-order valence-corrected chi connectivity index (χ1v) is 17.3. The Kier molecular flexibility index (Phi) is 11.1. The van der Waals surface area contributed by atoms with Crippen molar-refractivity contribution in [2.45, 2.75) is 52.9 Å². The van der Waals surface area contributed by atoms with Gasteiger partial charge in [0.1, 0.15) is 11.1 Å². The summed E-state index contributed by atoms with van der Waals surface area (Å²) in [4.78, 5) is 31.7. The van der Waals surface area contributed by atoms with Crippen LogP contribution in [0, 0.1) is 0 Å². The number of hydrogen-bond donors (Lipinski definition) is 1. The number of hydrogen-bond acceptors (Lipinski definition) is 6. The fraction of sp³-hybridized carbons (Fsp3) is 0.273. The van der Waals surface area contributed by atoms with Crippen LogP contribution in [0.2, 0.25) is 0 Å². The fourth-order valence-corrected chi connectivity index (χ4v) is 7.12. The van der Waals surface area contributed by atoms with Crippen molar-refractivity contribution >= 4 is 23.2 Å². The largest absolute Gasteiger partial charge is 0.314 e. The average Bonchev–Trinajstić information content (AvgIpc) is 3.88. The normalized spacial score (nSPS) is 18.4. The molecule has 0 radical (unpaired) electrons. The van der Waals surface area contributed by atoms with E-state index in [-0.39, 0.29) is 26.7 Å². The lowest BCUT2D eigenvalue weighted by molar-refractivity contribution is -0.127. The Bertz CT molecular complexity index is 2250. The Hall–Kier alpha value is -5.84. The Morgan fingerprint density at radius 2 is 1.00 bits per heavy atom. The third kappa shape index (κ3) is 6.98. The molecule has 0 fully saturated rings. The zero-order valence-electron chi connectivity index (χ0n) is 30.5. The number of amides is 2.